The normalized spacial score (nSPS) is 23.0. The van der Waals surface area contributed by atoms with Gasteiger partial charge < -0.3 is 10.1 Å². The molecule has 1 N–H and O–H groups in total. The van der Waals surface area contributed by atoms with Crippen molar-refractivity contribution in [2.24, 2.45) is 5.92 Å². The van der Waals surface area contributed by atoms with Crippen LogP contribution in [0.3, 0.4) is 0 Å². The second kappa shape index (κ2) is 7.16. The summed E-state index contributed by atoms with van der Waals surface area (Å²) < 4.78 is 40.1. The van der Waals surface area contributed by atoms with Gasteiger partial charge in [-0.2, -0.15) is 0 Å². The molecular weight excluding hydrogens is 279 g/mol. The molecule has 1 aliphatic rings. The average Bonchev–Trinajstić information content (AvgIpc) is 2.45. The van der Waals surface area contributed by atoms with Gasteiger partial charge in [-0.15, -0.1) is 13.2 Å². The number of hydrogen-bond donors (Lipinski definition) is 1. The van der Waals surface area contributed by atoms with E-state index in [-0.39, 0.29) is 5.75 Å². The van der Waals surface area contributed by atoms with E-state index in [1.807, 2.05) is 0 Å². The zero-order valence-electron chi connectivity index (χ0n) is 12.2. The van der Waals surface area contributed by atoms with Crippen molar-refractivity contribution in [3.8, 4) is 5.75 Å². The van der Waals surface area contributed by atoms with Gasteiger partial charge in [0.2, 0.25) is 0 Å². The minimum absolute atomic E-state index is 0.159. The molecule has 1 aliphatic heterocycles. The average molecular weight is 301 g/mol. The molecule has 0 aliphatic carbocycles. The van der Waals surface area contributed by atoms with Crippen LogP contribution < -0.4 is 10.1 Å². The fourth-order valence-electron chi connectivity index (χ4n) is 2.88. The lowest BCUT2D eigenvalue weighted by atomic mass is 9.88. The van der Waals surface area contributed by atoms with Crippen LogP contribution >= 0.6 is 0 Å². The van der Waals surface area contributed by atoms with Crippen LogP contribution in [0.5, 0.6) is 5.75 Å². The van der Waals surface area contributed by atoms with Crippen molar-refractivity contribution in [2.45, 2.75) is 51.4 Å². The summed E-state index contributed by atoms with van der Waals surface area (Å²) in [4.78, 5) is 0. The molecule has 1 fully saturated rings. The second-order valence-electron chi connectivity index (χ2n) is 5.68. The Labute approximate surface area is 123 Å². The van der Waals surface area contributed by atoms with Crippen LogP contribution in [0.4, 0.5) is 13.2 Å². The monoisotopic (exact) mass is 301 g/mol. The van der Waals surface area contributed by atoms with Gasteiger partial charge in [-0.05, 0) is 55.8 Å². The van der Waals surface area contributed by atoms with Crippen LogP contribution in [-0.4, -0.2) is 18.9 Å². The molecule has 1 heterocycles. The number of rotatable bonds is 5. The third-order valence-electron chi connectivity index (χ3n) is 4.12. The number of alkyl halides is 3. The molecule has 0 bridgehead atoms. The van der Waals surface area contributed by atoms with E-state index in [0.29, 0.717) is 6.04 Å². The Morgan fingerprint density at radius 3 is 2.57 bits per heavy atom. The molecule has 1 saturated heterocycles. The molecule has 1 aromatic rings. The minimum Gasteiger partial charge on any atom is -0.406 e. The maximum atomic E-state index is 12.1. The van der Waals surface area contributed by atoms with E-state index in [1.165, 1.54) is 31.4 Å². The van der Waals surface area contributed by atoms with Gasteiger partial charge in [0.05, 0.1) is 0 Å². The molecular formula is C16H22F3NO. The maximum Gasteiger partial charge on any atom is 0.573 e. The van der Waals surface area contributed by atoms with E-state index in [1.54, 1.807) is 12.1 Å². The molecule has 21 heavy (non-hydrogen) atoms. The first kappa shape index (κ1) is 16.1. The van der Waals surface area contributed by atoms with Crippen molar-refractivity contribution in [1.82, 2.24) is 5.32 Å². The molecule has 1 aromatic carbocycles. The molecule has 0 spiro atoms. The molecule has 2 nitrogen and oxygen atoms in total. The minimum atomic E-state index is -4.62. The fourth-order valence-corrected chi connectivity index (χ4v) is 2.88. The summed E-state index contributed by atoms with van der Waals surface area (Å²) in [6, 6.07) is 6.70. The topological polar surface area (TPSA) is 21.3 Å². The van der Waals surface area contributed by atoms with Crippen LogP contribution in [0.2, 0.25) is 0 Å². The molecule has 2 rings (SSSR count). The van der Waals surface area contributed by atoms with Crippen molar-refractivity contribution >= 4 is 0 Å². The number of hydrogen-bond acceptors (Lipinski definition) is 2. The Kier molecular flexibility index (Phi) is 5.51. The first-order valence-electron chi connectivity index (χ1n) is 7.54. The van der Waals surface area contributed by atoms with Crippen molar-refractivity contribution in [3.05, 3.63) is 29.8 Å². The van der Waals surface area contributed by atoms with E-state index in [0.717, 1.165) is 30.9 Å². The highest BCUT2D eigenvalue weighted by Crippen LogP contribution is 2.24. The predicted octanol–water partition coefficient (Wildman–Crippen LogP) is 4.30. The Morgan fingerprint density at radius 2 is 1.95 bits per heavy atom. The van der Waals surface area contributed by atoms with Gasteiger partial charge >= 0.3 is 6.36 Å². The van der Waals surface area contributed by atoms with Crippen molar-refractivity contribution < 1.29 is 17.9 Å². The largest absolute Gasteiger partial charge is 0.573 e. The van der Waals surface area contributed by atoms with Crippen LogP contribution in [0.25, 0.3) is 0 Å². The predicted molar refractivity (Wildman–Crippen MR) is 76.3 cm³/mol. The van der Waals surface area contributed by atoms with Crippen molar-refractivity contribution in [1.29, 1.82) is 0 Å². The summed E-state index contributed by atoms with van der Waals surface area (Å²) in [6.45, 7) is 3.30. The zero-order valence-corrected chi connectivity index (χ0v) is 12.2. The molecule has 0 amide bonds. The third kappa shape index (κ3) is 5.58. The van der Waals surface area contributed by atoms with E-state index in [9.17, 15) is 13.2 Å². The molecule has 5 heteroatoms. The molecule has 118 valence electrons. The van der Waals surface area contributed by atoms with Gasteiger partial charge in [-0.25, -0.2) is 0 Å². The van der Waals surface area contributed by atoms with Crippen molar-refractivity contribution in [2.75, 3.05) is 6.54 Å². The highest BCUT2D eigenvalue weighted by atomic mass is 19.4. The summed E-state index contributed by atoms with van der Waals surface area (Å²) in [5.74, 6) is 0.645. The molecule has 0 radical (unpaired) electrons. The first-order valence-corrected chi connectivity index (χ1v) is 7.54. The van der Waals surface area contributed by atoms with Gasteiger partial charge in [0.15, 0.2) is 0 Å². The van der Waals surface area contributed by atoms with Crippen LogP contribution in [0, 0.1) is 5.92 Å². The van der Waals surface area contributed by atoms with Crippen LogP contribution in [-0.2, 0) is 6.42 Å². The first-order chi connectivity index (χ1) is 9.96. The van der Waals surface area contributed by atoms with Crippen LogP contribution in [0.15, 0.2) is 24.3 Å². The number of ether oxygens (including phenoxy) is 1. The van der Waals surface area contributed by atoms with E-state index < -0.39 is 6.36 Å². The van der Waals surface area contributed by atoms with Gasteiger partial charge in [0, 0.05) is 6.04 Å². The van der Waals surface area contributed by atoms with E-state index in [4.69, 9.17) is 0 Å². The number of benzene rings is 1. The third-order valence-corrected chi connectivity index (χ3v) is 4.12. The lowest BCUT2D eigenvalue weighted by Crippen LogP contribution is -2.38. The lowest BCUT2D eigenvalue weighted by molar-refractivity contribution is -0.274. The summed E-state index contributed by atoms with van der Waals surface area (Å²) in [7, 11) is 0. The summed E-state index contributed by atoms with van der Waals surface area (Å²) in [6.07, 6.45) is 0.947. The smallest absolute Gasteiger partial charge is 0.406 e. The quantitative estimate of drug-likeness (QED) is 0.875. The molecule has 0 aromatic heterocycles. The van der Waals surface area contributed by atoms with Gasteiger partial charge in [-0.3, -0.25) is 0 Å². The summed E-state index contributed by atoms with van der Waals surface area (Å²) in [5, 5.41) is 3.52. The lowest BCUT2D eigenvalue weighted by Gasteiger charge is -2.29. The second-order valence-corrected chi connectivity index (χ2v) is 5.68. The Hall–Kier alpha value is -1.23. The fraction of sp³-hybridized carbons (Fsp3) is 0.625. The Balaban J connectivity index is 1.81. The summed E-state index contributed by atoms with van der Waals surface area (Å²) >= 11 is 0. The highest BCUT2D eigenvalue weighted by Gasteiger charge is 2.30. The SMILES string of the molecule is CCC1CCNC(CCc2ccc(OC(F)(F)F)cc2)C1. The molecule has 2 atom stereocenters. The van der Waals surface area contributed by atoms with Crippen LogP contribution in [0.1, 0.15) is 38.2 Å². The summed E-state index contributed by atoms with van der Waals surface area (Å²) in [5.41, 5.74) is 1.05. The van der Waals surface area contributed by atoms with Crippen molar-refractivity contribution in [3.63, 3.8) is 0 Å². The number of piperidine rings is 1. The molecule has 0 saturated carbocycles. The Bertz CT molecular complexity index is 430. The van der Waals surface area contributed by atoms with Gasteiger partial charge in [0.25, 0.3) is 0 Å². The Morgan fingerprint density at radius 1 is 1.24 bits per heavy atom. The zero-order chi connectivity index (χ0) is 15.3. The maximum absolute atomic E-state index is 12.1. The van der Waals surface area contributed by atoms with E-state index in [2.05, 4.69) is 17.0 Å². The van der Waals surface area contributed by atoms with Gasteiger partial charge in [0.1, 0.15) is 5.75 Å². The number of halogens is 3. The molecule has 2 unspecified atom stereocenters. The number of aryl methyl sites for hydroxylation is 1. The van der Waals surface area contributed by atoms with Gasteiger partial charge in [-0.1, -0.05) is 25.5 Å². The standard InChI is InChI=1S/C16H22F3NO/c1-2-12-9-10-20-14(11-12)6-3-13-4-7-15(8-5-13)21-16(17,18)19/h4-5,7-8,12,14,20H,2-3,6,9-11H2,1H3. The number of nitrogens with one attached hydrogen (secondary N) is 1. The van der Waals surface area contributed by atoms with E-state index >= 15 is 0 Å². The highest BCUT2D eigenvalue weighted by molar-refractivity contribution is 5.27.